The minimum Gasteiger partial charge on any atom is -0.369 e. The van der Waals surface area contributed by atoms with Crippen LogP contribution in [0.4, 0.5) is 23.1 Å². The van der Waals surface area contributed by atoms with Crippen LogP contribution in [0.1, 0.15) is 32.1 Å². The number of anilines is 4. The van der Waals surface area contributed by atoms with Crippen molar-refractivity contribution in [2.75, 3.05) is 48.8 Å². The number of hydrogen-bond acceptors (Lipinski definition) is 6. The van der Waals surface area contributed by atoms with E-state index in [9.17, 15) is 0 Å². The lowest BCUT2D eigenvalue weighted by Gasteiger charge is -2.34. The van der Waals surface area contributed by atoms with E-state index >= 15 is 0 Å². The zero-order valence-electron chi connectivity index (χ0n) is 16.2. The lowest BCUT2D eigenvalue weighted by Crippen LogP contribution is -2.44. The maximum atomic E-state index is 4.63. The third-order valence-electron chi connectivity index (χ3n) is 5.60. The second-order valence-electron chi connectivity index (χ2n) is 7.71. The smallest absolute Gasteiger partial charge is 0.224 e. The molecule has 0 spiro atoms. The molecule has 2 N–H and O–H groups in total. The van der Waals surface area contributed by atoms with Crippen LogP contribution >= 0.6 is 0 Å². The highest BCUT2D eigenvalue weighted by Gasteiger charge is 2.15. The monoisotopic (exact) mass is 366 g/mol. The van der Waals surface area contributed by atoms with Crippen molar-refractivity contribution >= 4 is 23.1 Å². The number of hydrogen-bond donors (Lipinski definition) is 2. The first-order chi connectivity index (χ1) is 13.3. The summed E-state index contributed by atoms with van der Waals surface area (Å²) in [6.45, 7) is 4.42. The lowest BCUT2D eigenvalue weighted by atomic mass is 9.96. The minimum absolute atomic E-state index is 0.511. The van der Waals surface area contributed by atoms with Gasteiger partial charge in [0.05, 0.1) is 0 Å². The predicted octanol–water partition coefficient (Wildman–Crippen LogP) is 3.72. The first-order valence-corrected chi connectivity index (χ1v) is 10.2. The zero-order chi connectivity index (χ0) is 18.5. The molecule has 2 heterocycles. The normalized spacial score (nSPS) is 19.1. The van der Waals surface area contributed by atoms with Crippen LogP contribution in [-0.2, 0) is 0 Å². The number of piperazine rings is 1. The van der Waals surface area contributed by atoms with E-state index in [4.69, 9.17) is 0 Å². The molecule has 1 aromatic heterocycles. The molecule has 1 aliphatic carbocycles. The van der Waals surface area contributed by atoms with E-state index in [1.807, 2.05) is 12.3 Å². The highest BCUT2D eigenvalue weighted by molar-refractivity contribution is 5.61. The van der Waals surface area contributed by atoms with Gasteiger partial charge in [-0.3, -0.25) is 0 Å². The van der Waals surface area contributed by atoms with Gasteiger partial charge in [-0.15, -0.1) is 0 Å². The van der Waals surface area contributed by atoms with E-state index in [-0.39, 0.29) is 0 Å². The third-order valence-corrected chi connectivity index (χ3v) is 5.60. The standard InChI is InChI=1S/C21H30N6/c1-26-13-15-27(16-14-26)19-9-7-18(8-10-19)23-20-11-12-22-21(25-20)24-17-5-3-2-4-6-17/h7-12,17H,2-6,13-16H2,1H3,(H2,22,23,24,25). The Morgan fingerprint density at radius 2 is 1.67 bits per heavy atom. The summed E-state index contributed by atoms with van der Waals surface area (Å²) in [6.07, 6.45) is 8.21. The number of nitrogens with one attached hydrogen (secondary N) is 2. The van der Waals surface area contributed by atoms with Crippen molar-refractivity contribution in [3.63, 3.8) is 0 Å². The Morgan fingerprint density at radius 3 is 2.41 bits per heavy atom. The average molecular weight is 367 g/mol. The molecule has 6 nitrogen and oxygen atoms in total. The van der Waals surface area contributed by atoms with Crippen LogP contribution in [0.15, 0.2) is 36.5 Å². The molecular formula is C21H30N6. The van der Waals surface area contributed by atoms with E-state index in [0.29, 0.717) is 6.04 Å². The largest absolute Gasteiger partial charge is 0.369 e. The van der Waals surface area contributed by atoms with Crippen LogP contribution in [0.3, 0.4) is 0 Å². The van der Waals surface area contributed by atoms with E-state index < -0.39 is 0 Å². The number of aromatic nitrogens is 2. The number of nitrogens with zero attached hydrogens (tertiary/aromatic N) is 4. The van der Waals surface area contributed by atoms with Crippen molar-refractivity contribution in [1.82, 2.24) is 14.9 Å². The van der Waals surface area contributed by atoms with Crippen LogP contribution in [0, 0.1) is 0 Å². The molecule has 144 valence electrons. The van der Waals surface area contributed by atoms with Crippen molar-refractivity contribution < 1.29 is 0 Å². The van der Waals surface area contributed by atoms with Crippen molar-refractivity contribution in [2.45, 2.75) is 38.1 Å². The first kappa shape index (κ1) is 18.0. The Bertz CT molecular complexity index is 718. The molecule has 2 fully saturated rings. The fourth-order valence-electron chi connectivity index (χ4n) is 3.90. The average Bonchev–Trinajstić information content (AvgIpc) is 2.70. The molecule has 1 saturated heterocycles. The van der Waals surface area contributed by atoms with E-state index in [1.54, 1.807) is 0 Å². The van der Waals surface area contributed by atoms with Gasteiger partial charge in [-0.25, -0.2) is 4.98 Å². The van der Waals surface area contributed by atoms with Gasteiger partial charge in [0, 0.05) is 49.8 Å². The van der Waals surface area contributed by atoms with Gasteiger partial charge in [0.2, 0.25) is 5.95 Å². The van der Waals surface area contributed by atoms with Gasteiger partial charge in [-0.1, -0.05) is 19.3 Å². The van der Waals surface area contributed by atoms with Crippen LogP contribution in [0.5, 0.6) is 0 Å². The molecule has 1 aromatic carbocycles. The fraction of sp³-hybridized carbons (Fsp3) is 0.524. The van der Waals surface area contributed by atoms with Crippen LogP contribution in [-0.4, -0.2) is 54.1 Å². The number of likely N-dealkylation sites (N-methyl/N-ethyl adjacent to an activating group) is 1. The highest BCUT2D eigenvalue weighted by Crippen LogP contribution is 2.23. The Balaban J connectivity index is 1.36. The van der Waals surface area contributed by atoms with Gasteiger partial charge in [0.1, 0.15) is 5.82 Å². The van der Waals surface area contributed by atoms with Crippen molar-refractivity contribution in [2.24, 2.45) is 0 Å². The van der Waals surface area contributed by atoms with Gasteiger partial charge < -0.3 is 20.4 Å². The molecule has 0 amide bonds. The summed E-state index contributed by atoms with van der Waals surface area (Å²) in [5.74, 6) is 1.55. The van der Waals surface area contributed by atoms with Crippen LogP contribution < -0.4 is 15.5 Å². The van der Waals surface area contributed by atoms with E-state index in [0.717, 1.165) is 43.6 Å². The Labute approximate surface area is 162 Å². The Kier molecular flexibility index (Phi) is 5.72. The van der Waals surface area contributed by atoms with E-state index in [1.165, 1.54) is 37.8 Å². The second kappa shape index (κ2) is 8.57. The van der Waals surface area contributed by atoms with Crippen molar-refractivity contribution in [3.05, 3.63) is 36.5 Å². The van der Waals surface area contributed by atoms with Gasteiger partial charge in [0.15, 0.2) is 0 Å². The molecule has 0 radical (unpaired) electrons. The molecule has 2 aliphatic rings. The van der Waals surface area contributed by atoms with Gasteiger partial charge in [0.25, 0.3) is 0 Å². The summed E-state index contributed by atoms with van der Waals surface area (Å²) in [5, 5.41) is 6.89. The lowest BCUT2D eigenvalue weighted by molar-refractivity contribution is 0.313. The second-order valence-corrected chi connectivity index (χ2v) is 7.71. The third kappa shape index (κ3) is 4.89. The Morgan fingerprint density at radius 1 is 0.926 bits per heavy atom. The molecule has 6 heteroatoms. The Hall–Kier alpha value is -2.34. The summed E-state index contributed by atoms with van der Waals surface area (Å²) in [6, 6.07) is 11.1. The highest BCUT2D eigenvalue weighted by atomic mass is 15.2. The summed E-state index contributed by atoms with van der Waals surface area (Å²) in [4.78, 5) is 13.8. The molecule has 0 unspecified atom stereocenters. The fourth-order valence-corrected chi connectivity index (χ4v) is 3.90. The molecule has 2 aromatic rings. The first-order valence-electron chi connectivity index (χ1n) is 10.2. The molecule has 27 heavy (non-hydrogen) atoms. The maximum Gasteiger partial charge on any atom is 0.224 e. The molecule has 0 atom stereocenters. The van der Waals surface area contributed by atoms with Crippen molar-refractivity contribution in [1.29, 1.82) is 0 Å². The zero-order valence-corrected chi connectivity index (χ0v) is 16.2. The maximum absolute atomic E-state index is 4.63. The molecule has 1 aliphatic heterocycles. The number of rotatable bonds is 5. The van der Waals surface area contributed by atoms with Gasteiger partial charge >= 0.3 is 0 Å². The molecular weight excluding hydrogens is 336 g/mol. The summed E-state index contributed by atoms with van der Waals surface area (Å²) in [7, 11) is 2.18. The van der Waals surface area contributed by atoms with Gasteiger partial charge in [-0.05, 0) is 50.2 Å². The summed E-state index contributed by atoms with van der Waals surface area (Å²) < 4.78 is 0. The van der Waals surface area contributed by atoms with Crippen molar-refractivity contribution in [3.8, 4) is 0 Å². The van der Waals surface area contributed by atoms with Gasteiger partial charge in [-0.2, -0.15) is 4.98 Å². The van der Waals surface area contributed by atoms with E-state index in [2.05, 4.69) is 61.7 Å². The SMILES string of the molecule is CN1CCN(c2ccc(Nc3ccnc(NC4CCCCC4)n3)cc2)CC1. The predicted molar refractivity (Wildman–Crippen MR) is 112 cm³/mol. The van der Waals surface area contributed by atoms with Crippen LogP contribution in [0.25, 0.3) is 0 Å². The quantitative estimate of drug-likeness (QED) is 0.841. The minimum atomic E-state index is 0.511. The molecule has 4 rings (SSSR count). The summed E-state index contributed by atoms with van der Waals surface area (Å²) >= 11 is 0. The molecule has 0 bridgehead atoms. The van der Waals surface area contributed by atoms with Crippen LogP contribution in [0.2, 0.25) is 0 Å². The summed E-state index contributed by atoms with van der Waals surface area (Å²) in [5.41, 5.74) is 2.34. The topological polar surface area (TPSA) is 56.3 Å². The molecule has 1 saturated carbocycles. The number of benzene rings is 1.